The first-order chi connectivity index (χ1) is 5.54. The van der Waals surface area contributed by atoms with Gasteiger partial charge in [-0.25, -0.2) is 4.39 Å². The molecule has 1 saturated carbocycles. The highest BCUT2D eigenvalue weighted by Crippen LogP contribution is 2.37. The predicted octanol–water partition coefficient (Wildman–Crippen LogP) is 2.50. The van der Waals surface area contributed by atoms with Crippen molar-refractivity contribution in [3.63, 3.8) is 0 Å². The smallest absolute Gasteiger partial charge is 0.108 e. The van der Waals surface area contributed by atoms with Crippen molar-refractivity contribution < 1.29 is 4.39 Å². The van der Waals surface area contributed by atoms with E-state index in [1.807, 2.05) is 0 Å². The van der Waals surface area contributed by atoms with Crippen LogP contribution in [-0.4, -0.2) is 12.2 Å². The quantitative estimate of drug-likeness (QED) is 0.682. The predicted molar refractivity (Wildman–Crippen MR) is 49.7 cm³/mol. The van der Waals surface area contributed by atoms with Crippen LogP contribution in [0.4, 0.5) is 4.39 Å². The van der Waals surface area contributed by atoms with Gasteiger partial charge >= 0.3 is 0 Å². The Hall–Kier alpha value is -0.110. The van der Waals surface area contributed by atoms with Crippen LogP contribution in [0.2, 0.25) is 0 Å². The summed E-state index contributed by atoms with van der Waals surface area (Å²) >= 11 is 0. The van der Waals surface area contributed by atoms with Crippen molar-refractivity contribution in [3.05, 3.63) is 0 Å². The molecule has 1 nitrogen and oxygen atoms in total. The molecule has 2 heteroatoms. The van der Waals surface area contributed by atoms with Crippen molar-refractivity contribution >= 4 is 0 Å². The van der Waals surface area contributed by atoms with Gasteiger partial charge in [0.25, 0.3) is 0 Å². The van der Waals surface area contributed by atoms with Gasteiger partial charge in [-0.3, -0.25) is 0 Å². The lowest BCUT2D eigenvalue weighted by Gasteiger charge is -2.34. The molecule has 0 heterocycles. The molecule has 0 aliphatic heterocycles. The Labute approximate surface area is 74.5 Å². The highest BCUT2D eigenvalue weighted by molar-refractivity contribution is 4.84. The number of hydrogen-bond donors (Lipinski definition) is 1. The van der Waals surface area contributed by atoms with Crippen LogP contribution < -0.4 is 5.73 Å². The molecule has 1 aliphatic rings. The molecule has 0 bridgehead atoms. The van der Waals surface area contributed by atoms with Crippen molar-refractivity contribution in [2.75, 3.05) is 6.54 Å². The maximum Gasteiger partial charge on any atom is 0.108 e. The zero-order chi connectivity index (χ0) is 9.19. The maximum atomic E-state index is 13.5. The van der Waals surface area contributed by atoms with E-state index in [1.54, 1.807) is 13.8 Å². The molecule has 2 N–H and O–H groups in total. The van der Waals surface area contributed by atoms with Gasteiger partial charge in [-0.15, -0.1) is 0 Å². The number of nitrogens with two attached hydrogens (primary N) is 1. The topological polar surface area (TPSA) is 26.0 Å². The van der Waals surface area contributed by atoms with Crippen LogP contribution in [0.25, 0.3) is 0 Å². The summed E-state index contributed by atoms with van der Waals surface area (Å²) in [5, 5.41) is 0. The van der Waals surface area contributed by atoms with Gasteiger partial charge in [-0.2, -0.15) is 0 Å². The molecule has 0 radical (unpaired) electrons. The van der Waals surface area contributed by atoms with E-state index in [9.17, 15) is 4.39 Å². The van der Waals surface area contributed by atoms with Gasteiger partial charge in [0.15, 0.2) is 0 Å². The summed E-state index contributed by atoms with van der Waals surface area (Å²) in [7, 11) is 0. The standard InChI is InChI=1S/C10H20FN/c1-10(2,11)9-5-3-4-8(6-9)7-12/h8-9H,3-7,12H2,1-2H3. The maximum absolute atomic E-state index is 13.5. The summed E-state index contributed by atoms with van der Waals surface area (Å²) in [6.07, 6.45) is 4.38. The van der Waals surface area contributed by atoms with Crippen LogP contribution in [-0.2, 0) is 0 Å². The molecule has 0 aromatic carbocycles. The summed E-state index contributed by atoms with van der Waals surface area (Å²) in [5.74, 6) is 0.804. The molecule has 2 unspecified atom stereocenters. The number of alkyl halides is 1. The third kappa shape index (κ3) is 2.44. The second-order valence-electron chi connectivity index (χ2n) is 4.53. The fourth-order valence-electron chi connectivity index (χ4n) is 2.13. The molecular weight excluding hydrogens is 153 g/mol. The minimum atomic E-state index is -1.01. The van der Waals surface area contributed by atoms with Crippen LogP contribution in [0.15, 0.2) is 0 Å². The molecule has 1 fully saturated rings. The van der Waals surface area contributed by atoms with Crippen molar-refractivity contribution in [3.8, 4) is 0 Å². The zero-order valence-electron chi connectivity index (χ0n) is 8.15. The molecule has 1 aliphatic carbocycles. The molecule has 2 atom stereocenters. The number of rotatable bonds is 2. The van der Waals surface area contributed by atoms with Crippen LogP contribution in [0.1, 0.15) is 39.5 Å². The summed E-state index contributed by atoms with van der Waals surface area (Å²) < 4.78 is 13.5. The molecule has 72 valence electrons. The second kappa shape index (κ2) is 3.73. The van der Waals surface area contributed by atoms with Crippen LogP contribution in [0.3, 0.4) is 0 Å². The minimum Gasteiger partial charge on any atom is -0.330 e. The minimum absolute atomic E-state index is 0.236. The highest BCUT2D eigenvalue weighted by Gasteiger charge is 2.33. The average Bonchev–Trinajstić information content (AvgIpc) is 2.03. The van der Waals surface area contributed by atoms with Crippen LogP contribution in [0, 0.1) is 11.8 Å². The highest BCUT2D eigenvalue weighted by atomic mass is 19.1. The van der Waals surface area contributed by atoms with Crippen LogP contribution in [0.5, 0.6) is 0 Å². The van der Waals surface area contributed by atoms with Crippen molar-refractivity contribution in [2.45, 2.75) is 45.2 Å². The Bertz CT molecular complexity index is 139. The number of hydrogen-bond acceptors (Lipinski definition) is 1. The van der Waals surface area contributed by atoms with Gasteiger partial charge in [0.05, 0.1) is 0 Å². The normalized spacial score (nSPS) is 32.0. The second-order valence-corrected chi connectivity index (χ2v) is 4.53. The van der Waals surface area contributed by atoms with Gasteiger partial charge in [-0.1, -0.05) is 6.42 Å². The molecular formula is C10H20FN. The Balaban J connectivity index is 2.46. The Morgan fingerprint density at radius 1 is 1.42 bits per heavy atom. The van der Waals surface area contributed by atoms with Gasteiger partial charge in [-0.05, 0) is 51.5 Å². The fourth-order valence-corrected chi connectivity index (χ4v) is 2.13. The van der Waals surface area contributed by atoms with Crippen molar-refractivity contribution in [1.29, 1.82) is 0 Å². The fraction of sp³-hybridized carbons (Fsp3) is 1.00. The van der Waals surface area contributed by atoms with E-state index in [2.05, 4.69) is 0 Å². The first-order valence-electron chi connectivity index (χ1n) is 4.93. The molecule has 12 heavy (non-hydrogen) atoms. The average molecular weight is 173 g/mol. The third-order valence-electron chi connectivity index (χ3n) is 3.09. The van der Waals surface area contributed by atoms with Gasteiger partial charge in [0, 0.05) is 0 Å². The molecule has 0 aromatic rings. The first kappa shape index (κ1) is 9.97. The molecule has 0 saturated heterocycles. The van der Waals surface area contributed by atoms with E-state index in [0.29, 0.717) is 5.92 Å². The first-order valence-corrected chi connectivity index (χ1v) is 4.93. The van der Waals surface area contributed by atoms with Gasteiger partial charge in [0.2, 0.25) is 0 Å². The largest absolute Gasteiger partial charge is 0.330 e. The third-order valence-corrected chi connectivity index (χ3v) is 3.09. The molecule has 0 amide bonds. The van der Waals surface area contributed by atoms with Gasteiger partial charge < -0.3 is 5.73 Å². The van der Waals surface area contributed by atoms with E-state index >= 15 is 0 Å². The summed E-state index contributed by atoms with van der Waals surface area (Å²) in [6.45, 7) is 4.11. The SMILES string of the molecule is CC(C)(F)C1CCCC(CN)C1. The summed E-state index contributed by atoms with van der Waals surface area (Å²) in [6, 6.07) is 0. The lowest BCUT2D eigenvalue weighted by atomic mass is 9.75. The van der Waals surface area contributed by atoms with Crippen molar-refractivity contribution in [1.82, 2.24) is 0 Å². The summed E-state index contributed by atoms with van der Waals surface area (Å²) in [4.78, 5) is 0. The van der Waals surface area contributed by atoms with E-state index in [0.717, 1.165) is 25.8 Å². The van der Waals surface area contributed by atoms with E-state index in [1.165, 1.54) is 6.42 Å². The Kier molecular flexibility index (Phi) is 3.10. The monoisotopic (exact) mass is 173 g/mol. The zero-order valence-corrected chi connectivity index (χ0v) is 8.15. The van der Waals surface area contributed by atoms with Crippen LogP contribution >= 0.6 is 0 Å². The van der Waals surface area contributed by atoms with Crippen molar-refractivity contribution in [2.24, 2.45) is 17.6 Å². The lowest BCUT2D eigenvalue weighted by Crippen LogP contribution is -2.33. The molecule has 0 aromatic heterocycles. The Morgan fingerprint density at radius 2 is 2.08 bits per heavy atom. The molecule has 0 spiro atoms. The van der Waals surface area contributed by atoms with E-state index in [-0.39, 0.29) is 5.92 Å². The van der Waals surface area contributed by atoms with E-state index in [4.69, 9.17) is 5.73 Å². The molecule has 1 rings (SSSR count). The Morgan fingerprint density at radius 3 is 2.58 bits per heavy atom. The number of halogens is 1. The summed E-state index contributed by atoms with van der Waals surface area (Å²) in [5.41, 5.74) is 4.58. The van der Waals surface area contributed by atoms with E-state index < -0.39 is 5.67 Å². The lowest BCUT2D eigenvalue weighted by molar-refractivity contribution is 0.0759. The van der Waals surface area contributed by atoms with Gasteiger partial charge in [0.1, 0.15) is 5.67 Å².